The number of Topliss-reactive ketones (excluding diaryl/α,β-unsaturated/α-hetero) is 1. The number of benzene rings is 2. The molecule has 168 valence electrons. The zero-order valence-corrected chi connectivity index (χ0v) is 18.6. The van der Waals surface area contributed by atoms with E-state index in [9.17, 15) is 23.9 Å². The summed E-state index contributed by atoms with van der Waals surface area (Å²) >= 11 is 0.934. The lowest BCUT2D eigenvalue weighted by molar-refractivity contribution is -0.132. The Labute approximate surface area is 192 Å². The first-order valence-electron chi connectivity index (χ1n) is 10.1. The minimum absolute atomic E-state index is 0.129. The molecule has 1 amide bonds. The van der Waals surface area contributed by atoms with Crippen molar-refractivity contribution in [3.8, 4) is 0 Å². The van der Waals surface area contributed by atoms with E-state index in [2.05, 4.69) is 4.98 Å². The maximum atomic E-state index is 13.4. The van der Waals surface area contributed by atoms with Crippen LogP contribution < -0.4 is 4.90 Å². The highest BCUT2D eigenvalue weighted by molar-refractivity contribution is 7.17. The minimum Gasteiger partial charge on any atom is -0.507 e. The van der Waals surface area contributed by atoms with Crippen molar-refractivity contribution in [1.82, 2.24) is 4.98 Å². The maximum Gasteiger partial charge on any atom is 0.350 e. The summed E-state index contributed by atoms with van der Waals surface area (Å²) in [6, 6.07) is 12.7. The zero-order valence-electron chi connectivity index (χ0n) is 17.7. The molecule has 3 aromatic rings. The lowest BCUT2D eigenvalue weighted by Gasteiger charge is -2.22. The number of halogens is 1. The Morgan fingerprint density at radius 3 is 2.45 bits per heavy atom. The number of aliphatic hydroxyl groups excluding tert-OH is 1. The van der Waals surface area contributed by atoms with Gasteiger partial charge in [-0.2, -0.15) is 0 Å². The second kappa shape index (κ2) is 8.95. The van der Waals surface area contributed by atoms with Crippen LogP contribution in [0.4, 0.5) is 9.52 Å². The molecular weight excluding hydrogens is 447 g/mol. The average molecular weight is 466 g/mol. The summed E-state index contributed by atoms with van der Waals surface area (Å²) in [4.78, 5) is 44.2. The molecule has 1 aromatic heterocycles. The molecule has 0 radical (unpaired) electrons. The van der Waals surface area contributed by atoms with Gasteiger partial charge < -0.3 is 9.84 Å². The fraction of sp³-hybridized carbons (Fsp3) is 0.167. The van der Waals surface area contributed by atoms with E-state index in [1.54, 1.807) is 44.2 Å². The van der Waals surface area contributed by atoms with Crippen LogP contribution in [0.15, 0.2) is 60.2 Å². The van der Waals surface area contributed by atoms with E-state index in [1.165, 1.54) is 17.0 Å². The van der Waals surface area contributed by atoms with Gasteiger partial charge in [0.15, 0.2) is 5.13 Å². The zero-order chi connectivity index (χ0) is 23.7. The number of ether oxygens (including phenoxy) is 1. The maximum absolute atomic E-state index is 13.4. The Balaban J connectivity index is 1.89. The van der Waals surface area contributed by atoms with Gasteiger partial charge in [0.2, 0.25) is 0 Å². The Bertz CT molecular complexity index is 1270. The van der Waals surface area contributed by atoms with Crippen LogP contribution in [0.2, 0.25) is 0 Å². The number of aliphatic hydroxyl groups is 1. The van der Waals surface area contributed by atoms with Crippen molar-refractivity contribution in [2.24, 2.45) is 0 Å². The molecule has 1 atom stereocenters. The second-order valence-corrected chi connectivity index (χ2v) is 8.20. The lowest BCUT2D eigenvalue weighted by Crippen LogP contribution is -2.29. The van der Waals surface area contributed by atoms with Crippen LogP contribution in [-0.2, 0) is 14.3 Å². The number of rotatable bonds is 5. The number of esters is 1. The third-order valence-electron chi connectivity index (χ3n) is 5.13. The van der Waals surface area contributed by atoms with Crippen molar-refractivity contribution in [2.45, 2.75) is 19.9 Å². The van der Waals surface area contributed by atoms with E-state index in [0.29, 0.717) is 11.3 Å². The summed E-state index contributed by atoms with van der Waals surface area (Å²) in [5.41, 5.74) is 0.966. The van der Waals surface area contributed by atoms with Crippen LogP contribution in [0, 0.1) is 12.7 Å². The van der Waals surface area contributed by atoms with Gasteiger partial charge in [-0.1, -0.05) is 41.7 Å². The lowest BCUT2D eigenvalue weighted by atomic mass is 9.95. The molecule has 1 aliphatic heterocycles. The van der Waals surface area contributed by atoms with Gasteiger partial charge in [0.1, 0.15) is 16.5 Å². The quantitative estimate of drug-likeness (QED) is 0.259. The van der Waals surface area contributed by atoms with Crippen molar-refractivity contribution in [3.05, 3.63) is 87.7 Å². The molecule has 1 N–H and O–H groups in total. The average Bonchev–Trinajstić information content (AvgIpc) is 3.31. The van der Waals surface area contributed by atoms with Crippen molar-refractivity contribution < 1.29 is 28.6 Å². The number of aromatic nitrogens is 1. The number of aryl methyl sites for hydroxylation is 1. The molecule has 2 aromatic carbocycles. The van der Waals surface area contributed by atoms with Crippen LogP contribution in [0.25, 0.3) is 5.76 Å². The van der Waals surface area contributed by atoms with Crippen LogP contribution in [-0.4, -0.2) is 34.4 Å². The third-order valence-corrected chi connectivity index (χ3v) is 6.27. The molecule has 7 nitrogen and oxygen atoms in total. The van der Waals surface area contributed by atoms with E-state index < -0.39 is 35.3 Å². The number of hydrogen-bond donors (Lipinski definition) is 1. The summed E-state index contributed by atoms with van der Waals surface area (Å²) in [7, 11) is 0. The van der Waals surface area contributed by atoms with Crippen LogP contribution >= 0.6 is 11.3 Å². The summed E-state index contributed by atoms with van der Waals surface area (Å²) in [6.07, 6.45) is 0. The number of carbonyl (C=O) groups is 3. The van der Waals surface area contributed by atoms with Crippen LogP contribution in [0.3, 0.4) is 0 Å². The van der Waals surface area contributed by atoms with Gasteiger partial charge in [-0.05, 0) is 43.7 Å². The summed E-state index contributed by atoms with van der Waals surface area (Å²) < 4.78 is 18.4. The SMILES string of the molecule is CCOC(=O)c1sc(N2C(=O)C(=O)/C(=C(/O)c3ccc(F)cc3)[C@H]2c2ccccc2)nc1C. The van der Waals surface area contributed by atoms with Gasteiger partial charge in [-0.3, -0.25) is 14.5 Å². The van der Waals surface area contributed by atoms with E-state index in [0.717, 1.165) is 23.5 Å². The topological polar surface area (TPSA) is 96.8 Å². The molecule has 0 saturated carbocycles. The highest BCUT2D eigenvalue weighted by Gasteiger charge is 2.48. The molecule has 0 aliphatic carbocycles. The Morgan fingerprint density at radius 2 is 1.82 bits per heavy atom. The predicted molar refractivity (Wildman–Crippen MR) is 120 cm³/mol. The standard InChI is InChI=1S/C24H19FN2O5S/c1-3-32-23(31)21-13(2)26-24(33-21)27-18(14-7-5-4-6-8-14)17(20(29)22(27)30)19(28)15-9-11-16(25)12-10-15/h4-12,18,28H,3H2,1-2H3/b19-17+/t18-/m1/s1. The molecule has 1 aliphatic rings. The number of amides is 1. The second-order valence-electron chi connectivity index (χ2n) is 7.22. The molecule has 33 heavy (non-hydrogen) atoms. The molecule has 0 bridgehead atoms. The largest absolute Gasteiger partial charge is 0.507 e. The van der Waals surface area contributed by atoms with Gasteiger partial charge >= 0.3 is 11.9 Å². The van der Waals surface area contributed by atoms with E-state index in [1.807, 2.05) is 0 Å². The Hall–Kier alpha value is -3.85. The summed E-state index contributed by atoms with van der Waals surface area (Å²) in [5, 5.41) is 11.1. The Kier molecular flexibility index (Phi) is 6.06. The number of thiazole rings is 1. The van der Waals surface area contributed by atoms with Crippen LogP contribution in [0.5, 0.6) is 0 Å². The third kappa shape index (κ3) is 4.03. The first kappa shape index (κ1) is 22.3. The monoisotopic (exact) mass is 466 g/mol. The van der Waals surface area contributed by atoms with Gasteiger partial charge in [-0.15, -0.1) is 0 Å². The van der Waals surface area contributed by atoms with Crippen molar-refractivity contribution in [2.75, 3.05) is 11.5 Å². The van der Waals surface area contributed by atoms with Crippen molar-refractivity contribution in [3.63, 3.8) is 0 Å². The van der Waals surface area contributed by atoms with E-state index in [-0.39, 0.29) is 27.8 Å². The number of hydrogen-bond acceptors (Lipinski definition) is 7. The molecule has 2 heterocycles. The molecule has 0 unspecified atom stereocenters. The number of carbonyl (C=O) groups excluding carboxylic acids is 3. The first-order chi connectivity index (χ1) is 15.8. The molecule has 4 rings (SSSR count). The fourth-order valence-electron chi connectivity index (χ4n) is 3.62. The molecular formula is C24H19FN2O5S. The number of anilines is 1. The van der Waals surface area contributed by atoms with E-state index in [4.69, 9.17) is 4.74 Å². The molecule has 9 heteroatoms. The van der Waals surface area contributed by atoms with Gasteiger partial charge in [0.05, 0.1) is 23.9 Å². The van der Waals surface area contributed by atoms with Gasteiger partial charge in [0, 0.05) is 5.56 Å². The molecule has 1 saturated heterocycles. The normalized spacial score (nSPS) is 17.4. The summed E-state index contributed by atoms with van der Waals surface area (Å²) in [5.74, 6) is -3.30. The number of nitrogens with zero attached hydrogens (tertiary/aromatic N) is 2. The summed E-state index contributed by atoms with van der Waals surface area (Å²) in [6.45, 7) is 3.47. The van der Waals surface area contributed by atoms with Gasteiger partial charge in [-0.25, -0.2) is 14.2 Å². The minimum atomic E-state index is -0.989. The highest BCUT2D eigenvalue weighted by Crippen LogP contribution is 2.43. The van der Waals surface area contributed by atoms with Crippen molar-refractivity contribution in [1.29, 1.82) is 0 Å². The van der Waals surface area contributed by atoms with E-state index >= 15 is 0 Å². The smallest absolute Gasteiger partial charge is 0.350 e. The van der Waals surface area contributed by atoms with Gasteiger partial charge in [0.25, 0.3) is 5.78 Å². The Morgan fingerprint density at radius 1 is 1.15 bits per heavy atom. The fourth-order valence-corrected chi connectivity index (χ4v) is 4.60. The predicted octanol–water partition coefficient (Wildman–Crippen LogP) is 4.39. The highest BCUT2D eigenvalue weighted by atomic mass is 32.1. The number of ketones is 1. The van der Waals surface area contributed by atoms with Crippen LogP contribution in [0.1, 0.15) is 39.5 Å². The van der Waals surface area contributed by atoms with Crippen molar-refractivity contribution >= 4 is 39.9 Å². The first-order valence-corrected chi connectivity index (χ1v) is 10.9. The molecule has 0 spiro atoms. The molecule has 1 fully saturated rings.